The summed E-state index contributed by atoms with van der Waals surface area (Å²) in [5, 5.41) is 56.2. The number of hydrogen-bond acceptors (Lipinski definition) is 11. The molecule has 0 saturated heterocycles. The highest BCUT2D eigenvalue weighted by Crippen LogP contribution is 2.24. The summed E-state index contributed by atoms with van der Waals surface area (Å²) in [5.74, 6) is -11.9. The topological polar surface area (TPSA) is 325 Å². The summed E-state index contributed by atoms with van der Waals surface area (Å²) in [4.78, 5) is 105. The molecule has 0 bridgehead atoms. The molecule has 2 rings (SSSR count). The number of furan rings is 1. The minimum atomic E-state index is -1.64. The number of nitrogens with one attached hydrogen (secondary N) is 4. The molecular weight excluding hydrogens is 732 g/mol. The summed E-state index contributed by atoms with van der Waals surface area (Å²) in [5.41, 5.74) is 1.66. The van der Waals surface area contributed by atoms with Gasteiger partial charge in [-0.1, -0.05) is 12.1 Å². The van der Waals surface area contributed by atoms with Crippen LogP contribution < -0.4 is 26.0 Å². The molecule has 0 spiro atoms. The molecule has 20 nitrogen and oxygen atoms in total. The lowest BCUT2D eigenvalue weighted by molar-refractivity contribution is -0.155. The number of benzene rings is 1. The zero-order valence-corrected chi connectivity index (χ0v) is 29.6. The third kappa shape index (κ3) is 17.3. The molecule has 2 unspecified atom stereocenters. The second-order valence-corrected chi connectivity index (χ2v) is 12.3. The van der Waals surface area contributed by atoms with Gasteiger partial charge in [-0.3, -0.25) is 33.6 Å². The molecule has 0 saturated carbocycles. The van der Waals surface area contributed by atoms with E-state index in [1.807, 2.05) is 12.1 Å². The fourth-order valence-corrected chi connectivity index (χ4v) is 5.25. The average Bonchev–Trinajstić information content (AvgIpc) is 3.58. The van der Waals surface area contributed by atoms with Crippen LogP contribution in [-0.4, -0.2) is 98.1 Å². The first-order valence-corrected chi connectivity index (χ1v) is 17.0. The Morgan fingerprint density at radius 2 is 1.20 bits per heavy atom. The maximum Gasteiger partial charge on any atom is 0.326 e. The zero-order valence-electron chi connectivity index (χ0n) is 29.6. The SMILES string of the molecule is O=CNCc1cc(COc2ccc(CCNC(=O)CC[C@H](NC(=O)CC[C@H](NC(=O)CCC(C(=O)O)C(CCC(=O)O)C(=O)O)C(=O)O)C(=O)O)cc2)co1. The van der Waals surface area contributed by atoms with Crippen molar-refractivity contribution in [3.8, 4) is 5.75 Å². The Balaban J connectivity index is 1.76. The molecule has 4 amide bonds. The molecular formula is C35H44N4O16. The molecule has 9 N–H and O–H groups in total. The highest BCUT2D eigenvalue weighted by molar-refractivity contribution is 5.87. The van der Waals surface area contributed by atoms with Gasteiger partial charge in [0.2, 0.25) is 24.1 Å². The number of rotatable bonds is 28. The molecule has 1 heterocycles. The van der Waals surface area contributed by atoms with Crippen molar-refractivity contribution in [1.29, 1.82) is 0 Å². The fraction of sp³-hybridized carbons (Fsp3) is 0.457. The summed E-state index contributed by atoms with van der Waals surface area (Å²) in [6.45, 7) is 0.746. The molecule has 2 aromatic rings. The smallest absolute Gasteiger partial charge is 0.326 e. The molecule has 0 aliphatic heterocycles. The maximum atomic E-state index is 12.5. The number of ether oxygens (including phenoxy) is 1. The molecule has 0 aliphatic rings. The number of amides is 4. The predicted molar refractivity (Wildman–Crippen MR) is 185 cm³/mol. The molecule has 20 heteroatoms. The van der Waals surface area contributed by atoms with Crippen LogP contribution in [0.4, 0.5) is 0 Å². The maximum absolute atomic E-state index is 12.5. The van der Waals surface area contributed by atoms with E-state index in [-0.39, 0.29) is 32.5 Å². The van der Waals surface area contributed by atoms with Crippen molar-refractivity contribution in [2.45, 2.75) is 83.0 Å². The fourth-order valence-electron chi connectivity index (χ4n) is 5.25. The third-order valence-corrected chi connectivity index (χ3v) is 8.19. The van der Waals surface area contributed by atoms with Gasteiger partial charge in [-0.15, -0.1) is 0 Å². The number of carboxylic acids is 5. The number of aliphatic carboxylic acids is 5. The Kier molecular flexibility index (Phi) is 18.9. The van der Waals surface area contributed by atoms with E-state index in [0.29, 0.717) is 24.3 Å². The van der Waals surface area contributed by atoms with Crippen LogP contribution in [0.25, 0.3) is 0 Å². The van der Waals surface area contributed by atoms with Crippen LogP contribution in [0.1, 0.15) is 68.3 Å². The van der Waals surface area contributed by atoms with Crippen LogP contribution in [0.2, 0.25) is 0 Å². The van der Waals surface area contributed by atoms with Crippen LogP contribution in [0.3, 0.4) is 0 Å². The monoisotopic (exact) mass is 776 g/mol. The third-order valence-electron chi connectivity index (χ3n) is 8.19. The van der Waals surface area contributed by atoms with E-state index in [2.05, 4.69) is 21.3 Å². The Bertz CT molecular complexity index is 1660. The lowest BCUT2D eigenvalue weighted by atomic mass is 9.85. The Morgan fingerprint density at radius 1 is 0.673 bits per heavy atom. The van der Waals surface area contributed by atoms with E-state index < -0.39 is 110 Å². The molecule has 0 aliphatic carbocycles. The van der Waals surface area contributed by atoms with E-state index in [9.17, 15) is 63.6 Å². The molecule has 0 radical (unpaired) electrons. The summed E-state index contributed by atoms with van der Waals surface area (Å²) in [6.07, 6.45) is -1.31. The lowest BCUT2D eigenvalue weighted by Crippen LogP contribution is -2.44. The van der Waals surface area contributed by atoms with Crippen LogP contribution in [0, 0.1) is 11.8 Å². The van der Waals surface area contributed by atoms with Gasteiger partial charge in [0.15, 0.2) is 0 Å². The van der Waals surface area contributed by atoms with Crippen molar-refractivity contribution in [2.75, 3.05) is 6.54 Å². The van der Waals surface area contributed by atoms with Crippen LogP contribution in [0.15, 0.2) is 41.0 Å². The van der Waals surface area contributed by atoms with Gasteiger partial charge in [0.1, 0.15) is 30.2 Å². The van der Waals surface area contributed by atoms with Crippen molar-refractivity contribution in [1.82, 2.24) is 21.3 Å². The molecule has 4 atom stereocenters. The van der Waals surface area contributed by atoms with Crippen molar-refractivity contribution in [3.63, 3.8) is 0 Å². The van der Waals surface area contributed by atoms with E-state index >= 15 is 0 Å². The normalized spacial score (nSPS) is 12.9. The highest BCUT2D eigenvalue weighted by atomic mass is 16.5. The minimum absolute atomic E-state index is 0.236. The number of carbonyl (C=O) groups is 9. The van der Waals surface area contributed by atoms with Crippen LogP contribution >= 0.6 is 0 Å². The Hall–Kier alpha value is -6.47. The first kappa shape index (κ1) is 44.7. The molecule has 1 aromatic carbocycles. The van der Waals surface area contributed by atoms with Gasteiger partial charge in [-0.25, -0.2) is 9.59 Å². The second kappa shape index (κ2) is 23.2. The van der Waals surface area contributed by atoms with Gasteiger partial charge in [-0.05, 0) is 55.9 Å². The van der Waals surface area contributed by atoms with Crippen molar-refractivity contribution in [2.24, 2.45) is 11.8 Å². The molecule has 55 heavy (non-hydrogen) atoms. The Labute approximate surface area is 313 Å². The molecule has 1 aromatic heterocycles. The molecule has 0 fully saturated rings. The minimum Gasteiger partial charge on any atom is -0.489 e. The number of hydrogen-bond donors (Lipinski definition) is 9. The van der Waals surface area contributed by atoms with Gasteiger partial charge in [0, 0.05) is 37.8 Å². The largest absolute Gasteiger partial charge is 0.489 e. The second-order valence-electron chi connectivity index (χ2n) is 12.3. The number of carboxylic acid groups (broad SMARTS) is 5. The van der Waals surface area contributed by atoms with Crippen molar-refractivity contribution >= 4 is 54.0 Å². The Morgan fingerprint density at radius 3 is 1.71 bits per heavy atom. The summed E-state index contributed by atoms with van der Waals surface area (Å²) < 4.78 is 11.0. The van der Waals surface area contributed by atoms with E-state index in [4.69, 9.17) is 14.3 Å². The predicted octanol–water partition coefficient (Wildman–Crippen LogP) is 0.509. The highest BCUT2D eigenvalue weighted by Gasteiger charge is 2.34. The standard InChI is InChI=1S/C35H44N4O16/c40-19-36-16-23-15-21(18-55-23)17-54-22-3-1-20(2-4-22)13-14-37-28(41)10-7-26(34(50)51)39-30(43)11-8-27(35(52)53)38-29(42)9-5-24(32(46)47)25(33(48)49)6-12-31(44)45/h1-4,15,18-19,24-27H,5-14,16-17H2,(H,36,40)(H,37,41)(H,38,42)(H,39,43)(H,44,45)(H,46,47)(H,48,49)(H,50,51)(H,52,53)/t24?,25?,26-,27-/m0/s1. The van der Waals surface area contributed by atoms with Crippen LogP contribution in [0.5, 0.6) is 5.75 Å². The first-order chi connectivity index (χ1) is 26.1. The van der Waals surface area contributed by atoms with Crippen molar-refractivity contribution < 1.29 is 77.8 Å². The van der Waals surface area contributed by atoms with Gasteiger partial charge in [-0.2, -0.15) is 0 Å². The summed E-state index contributed by atoms with van der Waals surface area (Å²) >= 11 is 0. The lowest BCUT2D eigenvalue weighted by Gasteiger charge is -2.20. The van der Waals surface area contributed by atoms with Gasteiger partial charge < -0.3 is 56.0 Å². The van der Waals surface area contributed by atoms with E-state index in [1.165, 1.54) is 6.26 Å². The van der Waals surface area contributed by atoms with E-state index in [1.54, 1.807) is 18.2 Å². The van der Waals surface area contributed by atoms with E-state index in [0.717, 1.165) is 11.1 Å². The van der Waals surface area contributed by atoms with Gasteiger partial charge >= 0.3 is 29.8 Å². The van der Waals surface area contributed by atoms with Crippen LogP contribution in [-0.2, 0) is 62.7 Å². The van der Waals surface area contributed by atoms with Gasteiger partial charge in [0.05, 0.1) is 24.6 Å². The molecule has 300 valence electrons. The van der Waals surface area contributed by atoms with Gasteiger partial charge in [0.25, 0.3) is 0 Å². The summed E-state index contributed by atoms with van der Waals surface area (Å²) in [6, 6.07) is 5.76. The van der Waals surface area contributed by atoms with Crippen molar-refractivity contribution in [3.05, 3.63) is 53.5 Å². The zero-order chi connectivity index (χ0) is 40.9. The average molecular weight is 777 g/mol. The first-order valence-electron chi connectivity index (χ1n) is 17.0. The quantitative estimate of drug-likeness (QED) is 0.0532. The number of carbonyl (C=O) groups excluding carboxylic acids is 4. The summed E-state index contributed by atoms with van der Waals surface area (Å²) in [7, 11) is 0.